The van der Waals surface area contributed by atoms with Crippen LogP contribution in [0.1, 0.15) is 18.9 Å². The zero-order chi connectivity index (χ0) is 32.3. The zero-order valence-corrected chi connectivity index (χ0v) is 24.6. The van der Waals surface area contributed by atoms with Crippen molar-refractivity contribution in [3.05, 3.63) is 64.2 Å². The molecule has 0 fully saturated rings. The molecular weight excluding hydrogens is 603 g/mol. The highest BCUT2D eigenvalue weighted by Gasteiger charge is 2.46. The number of alkyl halides is 3. The zero-order valence-electron chi connectivity index (χ0n) is 23.8. The van der Waals surface area contributed by atoms with Gasteiger partial charge in [0.15, 0.2) is 9.84 Å². The lowest BCUT2D eigenvalue weighted by molar-refractivity contribution is -0.216. The lowest BCUT2D eigenvalue weighted by Crippen LogP contribution is -2.51. The summed E-state index contributed by atoms with van der Waals surface area (Å²) in [6, 6.07) is 6.41. The third-order valence-electron chi connectivity index (χ3n) is 7.10. The average molecular weight is 635 g/mol. The Morgan fingerprint density at radius 3 is 2.35 bits per heavy atom. The van der Waals surface area contributed by atoms with E-state index in [1.54, 1.807) is 13.2 Å². The van der Waals surface area contributed by atoms with Gasteiger partial charge in [0.25, 0.3) is 5.56 Å². The minimum absolute atomic E-state index is 0.0172. The van der Waals surface area contributed by atoms with Crippen molar-refractivity contribution in [3.8, 4) is 11.1 Å². The topological polar surface area (TPSA) is 122 Å². The van der Waals surface area contributed by atoms with Crippen molar-refractivity contribution >= 4 is 26.6 Å². The number of aryl methyl sites for hydroxylation is 1. The number of hydroxylamine groups is 2. The highest BCUT2D eigenvalue weighted by molar-refractivity contribution is 7.92. The Morgan fingerprint density at radius 1 is 1.12 bits per heavy atom. The molecule has 3 rings (SSSR count). The summed E-state index contributed by atoms with van der Waals surface area (Å²) in [6.07, 6.45) is -4.22. The van der Waals surface area contributed by atoms with Crippen LogP contribution in [0, 0.1) is 11.6 Å². The number of carbonyl (C=O) groups is 1. The van der Waals surface area contributed by atoms with Gasteiger partial charge in [-0.3, -0.25) is 24.3 Å². The number of carbonyl (C=O) groups excluding carboxylic acids is 1. The van der Waals surface area contributed by atoms with Crippen molar-refractivity contribution in [1.82, 2.24) is 19.5 Å². The van der Waals surface area contributed by atoms with E-state index in [2.05, 4.69) is 4.98 Å². The summed E-state index contributed by atoms with van der Waals surface area (Å²) in [5.41, 5.74) is -0.331. The summed E-state index contributed by atoms with van der Waals surface area (Å²) >= 11 is 0. The summed E-state index contributed by atoms with van der Waals surface area (Å²) < 4.78 is 97.0. The molecule has 0 aliphatic heterocycles. The van der Waals surface area contributed by atoms with Crippen LogP contribution in [0.15, 0.2) is 41.5 Å². The van der Waals surface area contributed by atoms with Gasteiger partial charge in [-0.15, -0.1) is 0 Å². The predicted octanol–water partition coefficient (Wildman–Crippen LogP) is 3.39. The molecule has 1 amide bonds. The van der Waals surface area contributed by atoms with Gasteiger partial charge < -0.3 is 4.74 Å². The molecule has 1 atom stereocenters. The third kappa shape index (κ3) is 7.93. The van der Waals surface area contributed by atoms with Crippen LogP contribution in [0.2, 0.25) is 0 Å². The number of methoxy groups -OCH3 is 1. The van der Waals surface area contributed by atoms with E-state index in [0.29, 0.717) is 31.5 Å². The van der Waals surface area contributed by atoms with E-state index < -0.39 is 68.4 Å². The average Bonchev–Trinajstić information content (AvgIpc) is 2.90. The Hall–Kier alpha value is -3.47. The number of fused-ring (bicyclic) bond motifs is 1. The molecule has 0 unspecified atom stereocenters. The largest absolute Gasteiger partial charge is 0.473 e. The van der Waals surface area contributed by atoms with Gasteiger partial charge in [0.1, 0.15) is 11.6 Å². The number of sulfone groups is 1. The quantitative estimate of drug-likeness (QED) is 0.183. The summed E-state index contributed by atoms with van der Waals surface area (Å²) in [6.45, 7) is 0.902. The molecule has 10 nitrogen and oxygen atoms in total. The number of hydrogen-bond acceptors (Lipinski definition) is 8. The third-order valence-corrected chi connectivity index (χ3v) is 9.23. The van der Waals surface area contributed by atoms with Gasteiger partial charge in [-0.2, -0.15) is 13.2 Å². The summed E-state index contributed by atoms with van der Waals surface area (Å²) in [7, 11) is -0.779. The number of nitrogens with zero attached hydrogens (tertiary/aromatic N) is 4. The Kier molecular flexibility index (Phi) is 10.3. The molecule has 0 aliphatic carbocycles. The number of aromatic nitrogens is 2. The second kappa shape index (κ2) is 13.0. The molecule has 0 spiro atoms. The highest BCUT2D eigenvalue weighted by atomic mass is 32.2. The van der Waals surface area contributed by atoms with E-state index in [1.807, 2.05) is 11.9 Å². The molecule has 0 aliphatic rings. The number of hydrogen-bond donors (Lipinski definition) is 1. The van der Waals surface area contributed by atoms with Gasteiger partial charge in [0.2, 0.25) is 0 Å². The normalized spacial score (nSPS) is 13.8. The van der Waals surface area contributed by atoms with Crippen molar-refractivity contribution in [2.75, 3.05) is 40.1 Å². The molecule has 0 saturated carbocycles. The molecule has 236 valence electrons. The Balaban J connectivity index is 1.88. The van der Waals surface area contributed by atoms with Gasteiger partial charge in [-0.1, -0.05) is 12.1 Å². The van der Waals surface area contributed by atoms with Gasteiger partial charge in [0.05, 0.1) is 35.1 Å². The van der Waals surface area contributed by atoms with Crippen molar-refractivity contribution < 1.29 is 45.1 Å². The minimum Gasteiger partial charge on any atom is -0.383 e. The Labute approximate surface area is 244 Å². The maximum Gasteiger partial charge on any atom is 0.473 e. The molecule has 1 N–H and O–H groups in total. The smallest absolute Gasteiger partial charge is 0.383 e. The molecule has 0 saturated heterocycles. The fraction of sp³-hybridized carbons (Fsp3) is 0.444. The standard InChI is InChI=1S/C27H31F5N4O6S/c1-26(43(4,40)41,15-36(39)25(38)27(30,31)32)7-8-35-16-33-23-13-19(22(29)12-20(23)24(35)37)18-6-5-17(11-21(18)28)14-34(2)9-10-42-3/h5-6,11-13,16,39H,7-10,14-15H2,1-4H3/t26-/m1/s1. The van der Waals surface area contributed by atoms with E-state index in [4.69, 9.17) is 4.74 Å². The molecule has 16 heteroatoms. The molecule has 2 aromatic carbocycles. The molecule has 1 aromatic heterocycles. The number of benzene rings is 2. The lowest BCUT2D eigenvalue weighted by atomic mass is 10.0. The maximum absolute atomic E-state index is 15.2. The molecule has 0 radical (unpaired) electrons. The first-order valence-electron chi connectivity index (χ1n) is 12.8. The van der Waals surface area contributed by atoms with Crippen molar-refractivity contribution in [1.29, 1.82) is 0 Å². The minimum atomic E-state index is -5.44. The predicted molar refractivity (Wildman–Crippen MR) is 147 cm³/mol. The van der Waals surface area contributed by atoms with Crippen LogP contribution in [0.4, 0.5) is 22.0 Å². The second-order valence-corrected chi connectivity index (χ2v) is 13.0. The van der Waals surface area contributed by atoms with Crippen LogP contribution in [-0.2, 0) is 32.5 Å². The van der Waals surface area contributed by atoms with Crippen LogP contribution < -0.4 is 5.56 Å². The van der Waals surface area contributed by atoms with Gasteiger partial charge in [-0.25, -0.2) is 27.2 Å². The van der Waals surface area contributed by atoms with E-state index in [-0.39, 0.29) is 22.0 Å². The summed E-state index contributed by atoms with van der Waals surface area (Å²) in [4.78, 5) is 30.5. The fourth-order valence-electron chi connectivity index (χ4n) is 4.33. The number of rotatable bonds is 12. The lowest BCUT2D eigenvalue weighted by Gasteiger charge is -2.31. The number of ether oxygens (including phenoxy) is 1. The van der Waals surface area contributed by atoms with Crippen LogP contribution in [0.3, 0.4) is 0 Å². The van der Waals surface area contributed by atoms with Crippen molar-refractivity contribution in [2.45, 2.75) is 37.4 Å². The highest BCUT2D eigenvalue weighted by Crippen LogP contribution is 2.30. The number of likely N-dealkylation sites (N-methyl/N-ethyl adjacent to an activating group) is 1. The van der Waals surface area contributed by atoms with Gasteiger partial charge in [-0.05, 0) is 44.2 Å². The molecule has 43 heavy (non-hydrogen) atoms. The first kappa shape index (κ1) is 34.0. The summed E-state index contributed by atoms with van der Waals surface area (Å²) in [5, 5.41) is 8.70. The molecule has 3 aromatic rings. The van der Waals surface area contributed by atoms with Crippen LogP contribution in [-0.4, -0.2) is 90.1 Å². The van der Waals surface area contributed by atoms with Crippen LogP contribution in [0.25, 0.3) is 22.0 Å². The molecular formula is C27H31F5N4O6S. The van der Waals surface area contributed by atoms with Gasteiger partial charge >= 0.3 is 12.1 Å². The molecule has 0 bridgehead atoms. The number of halogens is 5. The number of amides is 1. The van der Waals surface area contributed by atoms with Crippen LogP contribution >= 0.6 is 0 Å². The summed E-state index contributed by atoms with van der Waals surface area (Å²) in [5.74, 6) is -4.26. The fourth-order valence-corrected chi connectivity index (χ4v) is 5.15. The van der Waals surface area contributed by atoms with Gasteiger partial charge in [0, 0.05) is 44.1 Å². The van der Waals surface area contributed by atoms with E-state index in [1.165, 1.54) is 18.2 Å². The Bertz CT molecular complexity index is 1660. The van der Waals surface area contributed by atoms with E-state index in [9.17, 15) is 36.4 Å². The first-order valence-corrected chi connectivity index (χ1v) is 14.7. The maximum atomic E-state index is 15.2. The molecule has 1 heterocycles. The van der Waals surface area contributed by atoms with E-state index in [0.717, 1.165) is 23.9 Å². The van der Waals surface area contributed by atoms with Crippen LogP contribution in [0.5, 0.6) is 0 Å². The SMILES string of the molecule is COCCN(C)Cc1ccc(-c2cc3ncn(CC[C@](C)(CN(O)C(=O)C(F)(F)F)S(C)(=O)=O)c(=O)c3cc2F)c(F)c1. The van der Waals surface area contributed by atoms with Crippen molar-refractivity contribution in [2.24, 2.45) is 0 Å². The first-order chi connectivity index (χ1) is 19.9. The monoisotopic (exact) mass is 634 g/mol. The van der Waals surface area contributed by atoms with E-state index >= 15 is 8.78 Å². The second-order valence-electron chi connectivity index (χ2n) is 10.5. The Morgan fingerprint density at radius 2 is 1.77 bits per heavy atom. The van der Waals surface area contributed by atoms with Crippen molar-refractivity contribution in [3.63, 3.8) is 0 Å².